The van der Waals surface area contributed by atoms with Gasteiger partial charge in [0.05, 0.1) is 23.5 Å². The van der Waals surface area contributed by atoms with Crippen LogP contribution in [0.2, 0.25) is 5.02 Å². The molecule has 2 aromatic carbocycles. The first-order chi connectivity index (χ1) is 14.7. The van der Waals surface area contributed by atoms with Gasteiger partial charge in [0.25, 0.3) is 0 Å². The number of nitrogens with zero attached hydrogens (tertiary/aromatic N) is 1. The van der Waals surface area contributed by atoms with Crippen molar-refractivity contribution in [3.05, 3.63) is 57.5 Å². The summed E-state index contributed by atoms with van der Waals surface area (Å²) < 4.78 is 31.9. The number of hydrogen-bond donors (Lipinski definition) is 1. The van der Waals surface area contributed by atoms with Gasteiger partial charge in [0.15, 0.2) is 0 Å². The molecule has 0 heterocycles. The van der Waals surface area contributed by atoms with Crippen LogP contribution in [0.1, 0.15) is 31.7 Å². The summed E-state index contributed by atoms with van der Waals surface area (Å²) in [5.41, 5.74) is 1.74. The van der Waals surface area contributed by atoms with Gasteiger partial charge in [-0.15, -0.1) is 0 Å². The Morgan fingerprint density at radius 2 is 1.90 bits per heavy atom. The quantitative estimate of drug-likeness (QED) is 0.399. The van der Waals surface area contributed by atoms with E-state index in [1.165, 1.54) is 9.87 Å². The van der Waals surface area contributed by atoms with E-state index in [4.69, 9.17) is 16.3 Å². The van der Waals surface area contributed by atoms with Gasteiger partial charge in [-0.25, -0.2) is 8.42 Å². The number of nitrogens with one attached hydrogen (secondary N) is 1. The van der Waals surface area contributed by atoms with Crippen molar-refractivity contribution in [2.75, 3.05) is 30.3 Å². The molecule has 0 aromatic heterocycles. The minimum absolute atomic E-state index is 0.149. The van der Waals surface area contributed by atoms with Crippen molar-refractivity contribution in [3.8, 4) is 5.75 Å². The molecule has 2 rings (SSSR count). The Labute approximate surface area is 198 Å². The molecule has 170 valence electrons. The first kappa shape index (κ1) is 25.5. The van der Waals surface area contributed by atoms with Crippen LogP contribution in [0.15, 0.2) is 46.9 Å². The molecule has 0 aliphatic carbocycles. The molecule has 2 aromatic rings. The highest BCUT2D eigenvalue weighted by atomic mass is 79.9. The van der Waals surface area contributed by atoms with Crippen LogP contribution < -0.4 is 14.4 Å². The lowest BCUT2D eigenvalue weighted by Crippen LogP contribution is -2.32. The highest BCUT2D eigenvalue weighted by Crippen LogP contribution is 2.28. The minimum atomic E-state index is -3.50. The lowest BCUT2D eigenvalue weighted by molar-refractivity contribution is -0.121. The minimum Gasteiger partial charge on any atom is -0.492 e. The summed E-state index contributed by atoms with van der Waals surface area (Å²) in [5, 5.41) is 3.21. The molecule has 0 saturated carbocycles. The summed E-state index contributed by atoms with van der Waals surface area (Å²) in [6, 6.07) is 12.9. The molecular formula is C22H28BrClN2O4S. The average Bonchev–Trinajstić information content (AvgIpc) is 2.71. The van der Waals surface area contributed by atoms with E-state index in [9.17, 15) is 13.2 Å². The Hall–Kier alpha value is -1.77. The molecule has 0 aliphatic heterocycles. The molecule has 9 heteroatoms. The van der Waals surface area contributed by atoms with Crippen LogP contribution in [0.3, 0.4) is 0 Å². The summed E-state index contributed by atoms with van der Waals surface area (Å²) >= 11 is 9.38. The average molecular weight is 532 g/mol. The molecule has 0 unspecified atom stereocenters. The van der Waals surface area contributed by atoms with Crippen LogP contribution in [0.5, 0.6) is 5.75 Å². The van der Waals surface area contributed by atoms with Crippen molar-refractivity contribution in [1.82, 2.24) is 5.32 Å². The third-order valence-electron chi connectivity index (χ3n) is 4.51. The second-order valence-electron chi connectivity index (χ2n) is 7.13. The van der Waals surface area contributed by atoms with Crippen LogP contribution in [0, 0.1) is 0 Å². The SMILES string of the molecule is CCCc1ccc(OCCNC(=O)CCCN(c2ccc(Br)c(Cl)c2)S(C)(=O)=O)cc1. The van der Waals surface area contributed by atoms with E-state index in [2.05, 4.69) is 28.2 Å². The van der Waals surface area contributed by atoms with Gasteiger partial charge in [0.1, 0.15) is 12.4 Å². The summed E-state index contributed by atoms with van der Waals surface area (Å²) in [6.45, 7) is 3.08. The fourth-order valence-electron chi connectivity index (χ4n) is 3.00. The normalized spacial score (nSPS) is 11.2. The second-order valence-corrected chi connectivity index (χ2v) is 10.3. The first-order valence-corrected chi connectivity index (χ1v) is 13.1. The predicted molar refractivity (Wildman–Crippen MR) is 130 cm³/mol. The number of anilines is 1. The maximum Gasteiger partial charge on any atom is 0.232 e. The van der Waals surface area contributed by atoms with Crippen molar-refractivity contribution in [2.24, 2.45) is 0 Å². The smallest absolute Gasteiger partial charge is 0.232 e. The van der Waals surface area contributed by atoms with Crippen molar-refractivity contribution < 1.29 is 17.9 Å². The molecule has 1 N–H and O–H groups in total. The van der Waals surface area contributed by atoms with Gasteiger partial charge in [-0.3, -0.25) is 9.10 Å². The van der Waals surface area contributed by atoms with E-state index in [0.29, 0.717) is 34.8 Å². The van der Waals surface area contributed by atoms with Gasteiger partial charge in [0, 0.05) is 17.4 Å². The monoisotopic (exact) mass is 530 g/mol. The molecule has 6 nitrogen and oxygen atoms in total. The van der Waals surface area contributed by atoms with Gasteiger partial charge in [-0.2, -0.15) is 0 Å². The number of amides is 1. The fraction of sp³-hybridized carbons (Fsp3) is 0.409. The predicted octanol–water partition coefficient (Wildman–Crippen LogP) is 4.80. The van der Waals surface area contributed by atoms with Crippen LogP contribution >= 0.6 is 27.5 Å². The van der Waals surface area contributed by atoms with E-state index in [-0.39, 0.29) is 18.9 Å². The third-order valence-corrected chi connectivity index (χ3v) is 6.94. The number of ether oxygens (including phenoxy) is 1. The van der Waals surface area contributed by atoms with E-state index in [1.807, 2.05) is 24.3 Å². The van der Waals surface area contributed by atoms with Crippen LogP contribution in [0.4, 0.5) is 5.69 Å². The summed E-state index contributed by atoms with van der Waals surface area (Å²) in [7, 11) is -3.50. The Morgan fingerprint density at radius 1 is 1.19 bits per heavy atom. The number of hydrogen-bond acceptors (Lipinski definition) is 4. The Kier molecular flexibility index (Phi) is 10.1. The van der Waals surface area contributed by atoms with Crippen molar-refractivity contribution >= 4 is 49.1 Å². The fourth-order valence-corrected chi connectivity index (χ4v) is 4.38. The maximum atomic E-state index is 12.2. The van der Waals surface area contributed by atoms with E-state index >= 15 is 0 Å². The number of halogens is 2. The number of aryl methyl sites for hydroxylation is 1. The van der Waals surface area contributed by atoms with Crippen molar-refractivity contribution in [1.29, 1.82) is 0 Å². The van der Waals surface area contributed by atoms with Crippen molar-refractivity contribution in [2.45, 2.75) is 32.6 Å². The molecular weight excluding hydrogens is 504 g/mol. The topological polar surface area (TPSA) is 75.7 Å². The van der Waals surface area contributed by atoms with Gasteiger partial charge in [-0.05, 0) is 64.7 Å². The standard InChI is InChI=1S/C22H28BrClN2O4S/c1-3-5-17-7-10-19(11-8-17)30-15-13-25-22(27)6-4-14-26(31(2,28)29)18-9-12-20(23)21(24)16-18/h7-12,16H,3-6,13-15H2,1-2H3,(H,25,27). The molecule has 31 heavy (non-hydrogen) atoms. The summed E-state index contributed by atoms with van der Waals surface area (Å²) in [5.74, 6) is 0.621. The Bertz CT molecular complexity index is 968. The van der Waals surface area contributed by atoms with Crippen molar-refractivity contribution in [3.63, 3.8) is 0 Å². The zero-order valence-corrected chi connectivity index (χ0v) is 20.9. The lowest BCUT2D eigenvalue weighted by atomic mass is 10.1. The number of benzene rings is 2. The molecule has 0 fully saturated rings. The maximum absolute atomic E-state index is 12.2. The van der Waals surface area contributed by atoms with E-state index in [0.717, 1.165) is 24.8 Å². The highest BCUT2D eigenvalue weighted by Gasteiger charge is 2.18. The largest absolute Gasteiger partial charge is 0.492 e. The van der Waals surface area contributed by atoms with E-state index in [1.54, 1.807) is 18.2 Å². The van der Waals surface area contributed by atoms with Gasteiger partial charge in [0.2, 0.25) is 15.9 Å². The molecule has 0 bridgehead atoms. The molecule has 0 saturated heterocycles. The summed E-state index contributed by atoms with van der Waals surface area (Å²) in [6.07, 6.45) is 3.87. The zero-order chi connectivity index (χ0) is 22.9. The lowest BCUT2D eigenvalue weighted by Gasteiger charge is -2.22. The summed E-state index contributed by atoms with van der Waals surface area (Å²) in [4.78, 5) is 12.1. The molecule has 0 atom stereocenters. The van der Waals surface area contributed by atoms with Crippen LogP contribution in [0.25, 0.3) is 0 Å². The first-order valence-electron chi connectivity index (χ1n) is 10.1. The van der Waals surface area contributed by atoms with Gasteiger partial charge >= 0.3 is 0 Å². The number of rotatable bonds is 12. The van der Waals surface area contributed by atoms with Crippen LogP contribution in [-0.2, 0) is 21.2 Å². The van der Waals surface area contributed by atoms with Crippen LogP contribution in [-0.4, -0.2) is 40.3 Å². The highest BCUT2D eigenvalue weighted by molar-refractivity contribution is 9.10. The van der Waals surface area contributed by atoms with Gasteiger partial charge < -0.3 is 10.1 Å². The zero-order valence-electron chi connectivity index (χ0n) is 17.7. The number of carbonyl (C=O) groups excluding carboxylic acids is 1. The van der Waals surface area contributed by atoms with Gasteiger partial charge in [-0.1, -0.05) is 37.1 Å². The molecule has 0 spiro atoms. The third kappa shape index (κ3) is 8.71. The molecule has 0 radical (unpaired) electrons. The second kappa shape index (κ2) is 12.3. The Morgan fingerprint density at radius 3 is 2.52 bits per heavy atom. The Balaban J connectivity index is 1.74. The number of carbonyl (C=O) groups is 1. The number of sulfonamides is 1. The molecule has 1 amide bonds. The molecule has 0 aliphatic rings. The van der Waals surface area contributed by atoms with E-state index < -0.39 is 10.0 Å².